The van der Waals surface area contributed by atoms with Crippen molar-refractivity contribution in [1.29, 1.82) is 5.26 Å². The Hall–Kier alpha value is -1.36. The van der Waals surface area contributed by atoms with Crippen LogP contribution in [-0.2, 0) is 5.41 Å². The first-order chi connectivity index (χ1) is 6.68. The number of halogens is 1. The maximum Gasteiger partial charge on any atom is 0.126 e. The fourth-order valence-corrected chi connectivity index (χ4v) is 1.94. The zero-order valence-electron chi connectivity index (χ0n) is 8.18. The van der Waals surface area contributed by atoms with Gasteiger partial charge >= 0.3 is 0 Å². The average molecular weight is 189 g/mol. The molecule has 0 N–H and O–H groups in total. The van der Waals surface area contributed by atoms with Crippen molar-refractivity contribution in [2.45, 2.75) is 31.6 Å². The Morgan fingerprint density at radius 2 is 2.14 bits per heavy atom. The molecule has 0 aromatic heterocycles. The first-order valence-corrected chi connectivity index (χ1v) is 4.86. The Morgan fingerprint density at radius 1 is 1.43 bits per heavy atom. The van der Waals surface area contributed by atoms with Gasteiger partial charge in [-0.1, -0.05) is 12.1 Å². The molecule has 0 amide bonds. The molecule has 0 radical (unpaired) electrons. The first kappa shape index (κ1) is 9.21. The molecular weight excluding hydrogens is 177 g/mol. The highest BCUT2D eigenvalue weighted by molar-refractivity contribution is 5.37. The zero-order chi connectivity index (χ0) is 10.2. The summed E-state index contributed by atoms with van der Waals surface area (Å²) in [6.45, 7) is 1.74. The van der Waals surface area contributed by atoms with Crippen molar-refractivity contribution >= 4 is 0 Å². The predicted octanol–water partition coefficient (Wildman–Crippen LogP) is 3.08. The van der Waals surface area contributed by atoms with E-state index in [0.717, 1.165) is 24.8 Å². The van der Waals surface area contributed by atoms with E-state index in [0.29, 0.717) is 5.56 Å². The molecule has 0 aliphatic heterocycles. The van der Waals surface area contributed by atoms with Crippen LogP contribution >= 0.6 is 0 Å². The second-order valence-corrected chi connectivity index (χ2v) is 4.01. The second-order valence-electron chi connectivity index (χ2n) is 4.01. The molecular formula is C12H12FN. The van der Waals surface area contributed by atoms with Gasteiger partial charge < -0.3 is 0 Å². The minimum Gasteiger partial charge on any atom is -0.207 e. The van der Waals surface area contributed by atoms with Gasteiger partial charge in [0.2, 0.25) is 0 Å². The highest BCUT2D eigenvalue weighted by Gasteiger charge is 2.38. The van der Waals surface area contributed by atoms with Gasteiger partial charge in [0.15, 0.2) is 0 Å². The molecule has 0 heterocycles. The van der Waals surface area contributed by atoms with Crippen LogP contribution in [0.25, 0.3) is 0 Å². The van der Waals surface area contributed by atoms with Gasteiger partial charge in [-0.25, -0.2) is 4.39 Å². The van der Waals surface area contributed by atoms with Crippen LogP contribution in [0, 0.1) is 24.1 Å². The molecule has 2 rings (SSSR count). The molecule has 1 aromatic rings. The van der Waals surface area contributed by atoms with Gasteiger partial charge in [0, 0.05) is 0 Å². The number of aryl methyl sites for hydroxylation is 1. The Kier molecular flexibility index (Phi) is 2.03. The van der Waals surface area contributed by atoms with Crippen LogP contribution in [0.2, 0.25) is 0 Å². The number of benzene rings is 1. The van der Waals surface area contributed by atoms with Crippen molar-refractivity contribution in [3.8, 4) is 6.07 Å². The number of nitriles is 1. The van der Waals surface area contributed by atoms with Gasteiger partial charge in [-0.3, -0.25) is 0 Å². The van der Waals surface area contributed by atoms with Crippen molar-refractivity contribution < 1.29 is 4.39 Å². The maximum atomic E-state index is 13.0. The molecule has 0 atom stereocenters. The van der Waals surface area contributed by atoms with E-state index in [2.05, 4.69) is 6.07 Å². The largest absolute Gasteiger partial charge is 0.207 e. The standard InChI is InChI=1S/C12H12FN/c1-9-7-10(3-4-11(9)13)12(8-14)5-2-6-12/h3-4,7H,2,5-6H2,1H3. The molecule has 1 saturated carbocycles. The lowest BCUT2D eigenvalue weighted by Crippen LogP contribution is -2.32. The van der Waals surface area contributed by atoms with Crippen LogP contribution in [0.1, 0.15) is 30.4 Å². The highest BCUT2D eigenvalue weighted by Crippen LogP contribution is 2.43. The summed E-state index contributed by atoms with van der Waals surface area (Å²) in [4.78, 5) is 0. The summed E-state index contributed by atoms with van der Waals surface area (Å²) < 4.78 is 13.0. The van der Waals surface area contributed by atoms with E-state index in [4.69, 9.17) is 5.26 Å². The summed E-state index contributed by atoms with van der Waals surface area (Å²) in [7, 11) is 0. The lowest BCUT2D eigenvalue weighted by atomic mass is 9.65. The van der Waals surface area contributed by atoms with Crippen molar-refractivity contribution in [3.05, 3.63) is 35.1 Å². The molecule has 1 nitrogen and oxygen atoms in total. The smallest absolute Gasteiger partial charge is 0.126 e. The van der Waals surface area contributed by atoms with Crippen molar-refractivity contribution in [2.24, 2.45) is 0 Å². The summed E-state index contributed by atoms with van der Waals surface area (Å²) in [6, 6.07) is 7.36. The molecule has 1 fully saturated rings. The fourth-order valence-electron chi connectivity index (χ4n) is 1.94. The van der Waals surface area contributed by atoms with Gasteiger partial charge in [0.1, 0.15) is 5.82 Å². The minimum atomic E-state index is -0.321. The number of nitrogens with zero attached hydrogens (tertiary/aromatic N) is 1. The zero-order valence-corrected chi connectivity index (χ0v) is 8.18. The maximum absolute atomic E-state index is 13.0. The van der Waals surface area contributed by atoms with E-state index < -0.39 is 0 Å². The average Bonchev–Trinajstić information content (AvgIpc) is 2.10. The second kappa shape index (κ2) is 3.09. The SMILES string of the molecule is Cc1cc(C2(C#N)CCC2)ccc1F. The molecule has 0 spiro atoms. The summed E-state index contributed by atoms with van der Waals surface area (Å²) in [5.41, 5.74) is 1.28. The van der Waals surface area contributed by atoms with Crippen molar-refractivity contribution in [3.63, 3.8) is 0 Å². The predicted molar refractivity (Wildman–Crippen MR) is 52.3 cm³/mol. The number of hydrogen-bond acceptors (Lipinski definition) is 1. The summed E-state index contributed by atoms with van der Waals surface area (Å²) in [5.74, 6) is -0.193. The molecule has 0 unspecified atom stereocenters. The third-order valence-corrected chi connectivity index (χ3v) is 3.13. The van der Waals surface area contributed by atoms with Gasteiger partial charge in [-0.15, -0.1) is 0 Å². The van der Waals surface area contributed by atoms with Crippen LogP contribution in [0.4, 0.5) is 4.39 Å². The fraction of sp³-hybridized carbons (Fsp3) is 0.417. The number of rotatable bonds is 1. The lowest BCUT2D eigenvalue weighted by Gasteiger charge is -2.35. The Labute approximate surface area is 83.2 Å². The van der Waals surface area contributed by atoms with Crippen LogP contribution < -0.4 is 0 Å². The van der Waals surface area contributed by atoms with Crippen LogP contribution in [0.15, 0.2) is 18.2 Å². The van der Waals surface area contributed by atoms with Crippen molar-refractivity contribution in [2.75, 3.05) is 0 Å². The quantitative estimate of drug-likeness (QED) is 0.666. The molecule has 0 bridgehead atoms. The van der Waals surface area contributed by atoms with Gasteiger partial charge in [-0.2, -0.15) is 5.26 Å². The monoisotopic (exact) mass is 189 g/mol. The van der Waals surface area contributed by atoms with E-state index in [1.54, 1.807) is 19.1 Å². The molecule has 1 aromatic carbocycles. The third-order valence-electron chi connectivity index (χ3n) is 3.13. The van der Waals surface area contributed by atoms with E-state index in [1.807, 2.05) is 0 Å². The molecule has 1 aliphatic rings. The van der Waals surface area contributed by atoms with E-state index in [-0.39, 0.29) is 11.2 Å². The van der Waals surface area contributed by atoms with Gasteiger partial charge in [0.25, 0.3) is 0 Å². The van der Waals surface area contributed by atoms with E-state index in [9.17, 15) is 4.39 Å². The molecule has 14 heavy (non-hydrogen) atoms. The molecule has 0 saturated heterocycles. The van der Waals surface area contributed by atoms with Gasteiger partial charge in [-0.05, 0) is 43.4 Å². The molecule has 1 aliphatic carbocycles. The Balaban J connectivity index is 2.42. The summed E-state index contributed by atoms with van der Waals surface area (Å²) in [6.07, 6.45) is 2.92. The first-order valence-electron chi connectivity index (χ1n) is 4.86. The normalized spacial score (nSPS) is 18.4. The van der Waals surface area contributed by atoms with E-state index in [1.165, 1.54) is 6.07 Å². The lowest BCUT2D eigenvalue weighted by molar-refractivity contribution is 0.323. The topological polar surface area (TPSA) is 23.8 Å². The van der Waals surface area contributed by atoms with Crippen molar-refractivity contribution in [1.82, 2.24) is 0 Å². The van der Waals surface area contributed by atoms with Crippen LogP contribution in [-0.4, -0.2) is 0 Å². The van der Waals surface area contributed by atoms with Crippen LogP contribution in [0.5, 0.6) is 0 Å². The number of hydrogen-bond donors (Lipinski definition) is 0. The minimum absolute atomic E-state index is 0.193. The third kappa shape index (κ3) is 1.21. The highest BCUT2D eigenvalue weighted by atomic mass is 19.1. The Morgan fingerprint density at radius 3 is 2.57 bits per heavy atom. The summed E-state index contributed by atoms with van der Waals surface area (Å²) >= 11 is 0. The van der Waals surface area contributed by atoms with E-state index >= 15 is 0 Å². The van der Waals surface area contributed by atoms with Gasteiger partial charge in [0.05, 0.1) is 11.5 Å². The summed E-state index contributed by atoms with van der Waals surface area (Å²) in [5, 5.41) is 9.11. The molecule has 2 heteroatoms. The molecule has 72 valence electrons. The Bertz CT molecular complexity index is 399. The van der Waals surface area contributed by atoms with Crippen LogP contribution in [0.3, 0.4) is 0 Å².